The molecule has 0 aliphatic rings. The fourth-order valence-electron chi connectivity index (χ4n) is 3.48. The summed E-state index contributed by atoms with van der Waals surface area (Å²) in [5.41, 5.74) is 1.28. The normalized spacial score (nSPS) is 11.0. The van der Waals surface area contributed by atoms with Gasteiger partial charge in [0, 0.05) is 6.07 Å². The lowest BCUT2D eigenvalue weighted by atomic mass is 10.1. The summed E-state index contributed by atoms with van der Waals surface area (Å²) in [6, 6.07) is 28.7. The molecule has 0 atom stereocenters. The molecule has 0 unspecified atom stereocenters. The number of fused-ring (bicyclic) bond motifs is 1. The van der Waals surface area contributed by atoms with Gasteiger partial charge < -0.3 is 10.1 Å². The molecular formula is C27H19N3O4. The topological polar surface area (TPSA) is 105 Å². The molecule has 0 aliphatic carbocycles. The molecule has 7 heteroatoms. The predicted octanol–water partition coefficient (Wildman–Crippen LogP) is 5.87. The molecule has 0 radical (unpaired) electrons. The van der Waals surface area contributed by atoms with Gasteiger partial charge in [0.2, 0.25) is 0 Å². The zero-order valence-corrected chi connectivity index (χ0v) is 18.0. The second kappa shape index (κ2) is 10.1. The molecule has 0 saturated carbocycles. The minimum Gasteiger partial charge on any atom is -0.489 e. The van der Waals surface area contributed by atoms with Gasteiger partial charge in [-0.1, -0.05) is 66.7 Å². The highest BCUT2D eigenvalue weighted by Gasteiger charge is 2.17. The van der Waals surface area contributed by atoms with Gasteiger partial charge in [0.05, 0.1) is 4.92 Å². The van der Waals surface area contributed by atoms with Gasteiger partial charge in [0.1, 0.15) is 29.7 Å². The fraction of sp³-hybridized carbons (Fsp3) is 0.0370. The van der Waals surface area contributed by atoms with E-state index < -0.39 is 10.8 Å². The van der Waals surface area contributed by atoms with Crippen molar-refractivity contribution in [1.29, 1.82) is 5.26 Å². The first-order valence-electron chi connectivity index (χ1n) is 10.4. The molecule has 166 valence electrons. The number of rotatable bonds is 7. The Morgan fingerprint density at radius 2 is 1.68 bits per heavy atom. The van der Waals surface area contributed by atoms with Crippen LogP contribution in [0, 0.1) is 21.4 Å². The summed E-state index contributed by atoms with van der Waals surface area (Å²) in [6.07, 6.45) is 1.42. The first-order chi connectivity index (χ1) is 16.5. The second-order valence-corrected chi connectivity index (χ2v) is 7.39. The van der Waals surface area contributed by atoms with Crippen molar-refractivity contribution >= 4 is 34.1 Å². The number of carbonyl (C=O) groups is 1. The maximum atomic E-state index is 12.5. The summed E-state index contributed by atoms with van der Waals surface area (Å²) in [7, 11) is 0. The number of benzene rings is 4. The van der Waals surface area contributed by atoms with Crippen LogP contribution in [0.5, 0.6) is 5.75 Å². The van der Waals surface area contributed by atoms with Crippen molar-refractivity contribution in [2.75, 3.05) is 5.32 Å². The first kappa shape index (κ1) is 22.2. The molecule has 1 N–H and O–H groups in total. The summed E-state index contributed by atoms with van der Waals surface area (Å²) in [5, 5.41) is 25.3. The van der Waals surface area contributed by atoms with Crippen LogP contribution < -0.4 is 10.1 Å². The third-order valence-electron chi connectivity index (χ3n) is 5.18. The van der Waals surface area contributed by atoms with Crippen LogP contribution in [0.25, 0.3) is 16.8 Å². The summed E-state index contributed by atoms with van der Waals surface area (Å²) in [5.74, 6) is -0.0824. The van der Waals surface area contributed by atoms with Crippen molar-refractivity contribution in [3.8, 4) is 11.8 Å². The monoisotopic (exact) mass is 449 g/mol. The van der Waals surface area contributed by atoms with Crippen LogP contribution in [0.2, 0.25) is 0 Å². The molecule has 34 heavy (non-hydrogen) atoms. The van der Waals surface area contributed by atoms with Gasteiger partial charge in [0.25, 0.3) is 11.6 Å². The molecule has 0 fully saturated rings. The van der Waals surface area contributed by atoms with Crippen LogP contribution in [0.3, 0.4) is 0 Å². The molecule has 4 aromatic carbocycles. The minimum absolute atomic E-state index is 0.0239. The maximum Gasteiger partial charge on any atom is 0.292 e. The Kier molecular flexibility index (Phi) is 6.61. The lowest BCUT2D eigenvalue weighted by molar-refractivity contribution is -0.383. The van der Waals surface area contributed by atoms with Crippen molar-refractivity contribution in [2.24, 2.45) is 0 Å². The van der Waals surface area contributed by atoms with Crippen LogP contribution in [0.1, 0.15) is 11.1 Å². The number of nitro benzene ring substituents is 1. The third kappa shape index (κ3) is 5.09. The Morgan fingerprint density at radius 1 is 0.971 bits per heavy atom. The highest BCUT2D eigenvalue weighted by atomic mass is 16.6. The van der Waals surface area contributed by atoms with E-state index in [1.165, 1.54) is 24.3 Å². The number of amides is 1. The van der Waals surface area contributed by atoms with Crippen LogP contribution >= 0.6 is 0 Å². The first-order valence-corrected chi connectivity index (χ1v) is 10.4. The number of nitro groups is 1. The highest BCUT2D eigenvalue weighted by molar-refractivity contribution is 6.10. The summed E-state index contributed by atoms with van der Waals surface area (Å²) < 4.78 is 5.92. The van der Waals surface area contributed by atoms with Crippen molar-refractivity contribution < 1.29 is 14.5 Å². The maximum absolute atomic E-state index is 12.5. The number of carbonyl (C=O) groups excluding carboxylic acids is 1. The van der Waals surface area contributed by atoms with E-state index in [1.54, 1.807) is 30.3 Å². The number of nitrogens with one attached hydrogen (secondary N) is 1. The molecule has 0 saturated heterocycles. The summed E-state index contributed by atoms with van der Waals surface area (Å²) >= 11 is 0. The SMILES string of the molecule is N#C/C(=C\c1ccc(OCc2cccc3ccccc23)cc1)C(=O)Nc1ccccc1[N+](=O)[O-]. The smallest absolute Gasteiger partial charge is 0.292 e. The Morgan fingerprint density at radius 3 is 2.44 bits per heavy atom. The standard InChI is InChI=1S/C27H19N3O4/c28-17-22(27(31)29-25-10-3-4-11-26(25)30(32)33)16-19-12-14-23(15-13-19)34-18-21-8-5-7-20-6-1-2-9-24(20)21/h1-16H,18H2,(H,29,31)/b22-16+. The molecule has 0 aliphatic heterocycles. The number of para-hydroxylation sites is 2. The number of nitrogens with zero attached hydrogens (tertiary/aromatic N) is 2. The lowest BCUT2D eigenvalue weighted by Crippen LogP contribution is -2.14. The summed E-state index contributed by atoms with van der Waals surface area (Å²) in [6.45, 7) is 0.401. The van der Waals surface area contributed by atoms with E-state index in [0.29, 0.717) is 17.9 Å². The lowest BCUT2D eigenvalue weighted by Gasteiger charge is -2.09. The van der Waals surface area contributed by atoms with Gasteiger partial charge in [-0.2, -0.15) is 5.26 Å². The molecular weight excluding hydrogens is 430 g/mol. The quantitative estimate of drug-likeness (QED) is 0.164. The van der Waals surface area contributed by atoms with Gasteiger partial charge in [-0.05, 0) is 46.2 Å². The average Bonchev–Trinajstić information content (AvgIpc) is 2.86. The largest absolute Gasteiger partial charge is 0.489 e. The van der Waals surface area contributed by atoms with E-state index in [0.717, 1.165) is 16.3 Å². The van der Waals surface area contributed by atoms with E-state index in [4.69, 9.17) is 4.74 Å². The van der Waals surface area contributed by atoms with Crippen LogP contribution in [-0.4, -0.2) is 10.8 Å². The molecule has 4 rings (SSSR count). The molecule has 0 spiro atoms. The van der Waals surface area contributed by atoms with Crippen LogP contribution in [0.4, 0.5) is 11.4 Å². The number of anilines is 1. The summed E-state index contributed by atoms with van der Waals surface area (Å²) in [4.78, 5) is 23.0. The predicted molar refractivity (Wildman–Crippen MR) is 130 cm³/mol. The second-order valence-electron chi connectivity index (χ2n) is 7.39. The van der Waals surface area contributed by atoms with E-state index >= 15 is 0 Å². The van der Waals surface area contributed by atoms with Crippen LogP contribution in [-0.2, 0) is 11.4 Å². The number of hydrogen-bond acceptors (Lipinski definition) is 5. The molecule has 4 aromatic rings. The van der Waals surface area contributed by atoms with E-state index in [-0.39, 0.29) is 16.9 Å². The van der Waals surface area contributed by atoms with Crippen LogP contribution in [0.15, 0.2) is 96.6 Å². The average molecular weight is 449 g/mol. The van der Waals surface area contributed by atoms with Crippen molar-refractivity contribution in [1.82, 2.24) is 0 Å². The van der Waals surface area contributed by atoms with Gasteiger partial charge in [-0.3, -0.25) is 14.9 Å². The molecule has 0 aromatic heterocycles. The Labute approximate surface area is 195 Å². The zero-order chi connectivity index (χ0) is 23.9. The fourth-order valence-corrected chi connectivity index (χ4v) is 3.48. The Bertz CT molecular complexity index is 1430. The third-order valence-corrected chi connectivity index (χ3v) is 5.18. The van der Waals surface area contributed by atoms with E-state index in [2.05, 4.69) is 23.5 Å². The van der Waals surface area contributed by atoms with Crippen molar-refractivity contribution in [3.05, 3.63) is 118 Å². The molecule has 0 heterocycles. The van der Waals surface area contributed by atoms with Crippen molar-refractivity contribution in [2.45, 2.75) is 6.61 Å². The minimum atomic E-state index is -0.729. The molecule has 0 bridgehead atoms. The zero-order valence-electron chi connectivity index (χ0n) is 18.0. The van der Waals surface area contributed by atoms with E-state index in [9.17, 15) is 20.2 Å². The number of ether oxygens (including phenoxy) is 1. The molecule has 7 nitrogen and oxygen atoms in total. The van der Waals surface area contributed by atoms with Gasteiger partial charge in [-0.25, -0.2) is 0 Å². The number of nitriles is 1. The Hall–Kier alpha value is -4.96. The Balaban J connectivity index is 1.45. The van der Waals surface area contributed by atoms with Gasteiger partial charge in [0.15, 0.2) is 0 Å². The van der Waals surface area contributed by atoms with E-state index in [1.807, 2.05) is 30.3 Å². The molecule has 1 amide bonds. The van der Waals surface area contributed by atoms with Crippen molar-refractivity contribution in [3.63, 3.8) is 0 Å². The van der Waals surface area contributed by atoms with Gasteiger partial charge in [-0.15, -0.1) is 0 Å². The number of hydrogen-bond donors (Lipinski definition) is 1. The van der Waals surface area contributed by atoms with Gasteiger partial charge >= 0.3 is 0 Å². The highest BCUT2D eigenvalue weighted by Crippen LogP contribution is 2.24.